The van der Waals surface area contributed by atoms with Crippen molar-refractivity contribution >= 4 is 17.2 Å². The van der Waals surface area contributed by atoms with Crippen LogP contribution in [0, 0.1) is 12.7 Å². The van der Waals surface area contributed by atoms with Crippen molar-refractivity contribution in [1.82, 2.24) is 9.78 Å². The van der Waals surface area contributed by atoms with Gasteiger partial charge in [-0.05, 0) is 25.1 Å². The highest BCUT2D eigenvalue weighted by Crippen LogP contribution is 2.26. The molecule has 2 aromatic rings. The quantitative estimate of drug-likeness (QED) is 0.865. The molecule has 0 bridgehead atoms. The second-order valence-corrected chi connectivity index (χ2v) is 4.29. The molecule has 0 radical (unpaired) electrons. The number of benzene rings is 1. The normalized spacial score (nSPS) is 10.4. The number of nitrogens with two attached hydrogens (primary N) is 1. The van der Waals surface area contributed by atoms with Gasteiger partial charge in [0.15, 0.2) is 0 Å². The average Bonchev–Trinajstić information content (AvgIpc) is 2.60. The first kappa shape index (κ1) is 12.5. The molecule has 2 rings (SSSR count). The second-order valence-electron chi connectivity index (χ2n) is 3.85. The van der Waals surface area contributed by atoms with E-state index in [1.807, 2.05) is 6.92 Å². The number of rotatable bonds is 3. The number of thiocarbonyl (C=S) groups is 1. The standard InChI is InChI=1S/C12H12FN3OS/c1-7-5-11(16(2)15-7)17-10-4-3-8(13)6-9(10)12(14)18/h3-6H,1-2H3,(H2,14,18). The van der Waals surface area contributed by atoms with E-state index in [4.69, 9.17) is 22.7 Å². The zero-order valence-corrected chi connectivity index (χ0v) is 10.8. The van der Waals surface area contributed by atoms with Crippen molar-refractivity contribution in [3.05, 3.63) is 41.3 Å². The van der Waals surface area contributed by atoms with Crippen molar-refractivity contribution in [1.29, 1.82) is 0 Å². The fraction of sp³-hybridized carbons (Fsp3) is 0.167. The highest BCUT2D eigenvalue weighted by molar-refractivity contribution is 7.80. The van der Waals surface area contributed by atoms with E-state index in [0.717, 1.165) is 5.69 Å². The molecule has 1 aromatic heterocycles. The molecule has 0 spiro atoms. The minimum atomic E-state index is -0.411. The average molecular weight is 265 g/mol. The third kappa shape index (κ3) is 2.48. The lowest BCUT2D eigenvalue weighted by atomic mass is 10.2. The summed E-state index contributed by atoms with van der Waals surface area (Å²) in [6.45, 7) is 1.85. The Hall–Kier alpha value is -1.95. The molecule has 1 aromatic carbocycles. The van der Waals surface area contributed by atoms with Crippen LogP contribution in [0.1, 0.15) is 11.3 Å². The van der Waals surface area contributed by atoms with E-state index >= 15 is 0 Å². The van der Waals surface area contributed by atoms with Gasteiger partial charge in [0.1, 0.15) is 16.6 Å². The van der Waals surface area contributed by atoms with Crippen LogP contribution in [0.2, 0.25) is 0 Å². The lowest BCUT2D eigenvalue weighted by Gasteiger charge is -2.09. The predicted octanol–water partition coefficient (Wildman–Crippen LogP) is 2.29. The summed E-state index contributed by atoms with van der Waals surface area (Å²) in [5.74, 6) is 0.537. The van der Waals surface area contributed by atoms with Crippen LogP contribution in [0.3, 0.4) is 0 Å². The number of nitrogens with zero attached hydrogens (tertiary/aromatic N) is 2. The molecule has 2 N–H and O–H groups in total. The molecule has 0 unspecified atom stereocenters. The Morgan fingerprint density at radius 1 is 1.44 bits per heavy atom. The van der Waals surface area contributed by atoms with Crippen molar-refractivity contribution in [3.8, 4) is 11.6 Å². The van der Waals surface area contributed by atoms with Gasteiger partial charge in [0.25, 0.3) is 0 Å². The third-order valence-corrected chi connectivity index (χ3v) is 2.60. The first-order valence-corrected chi connectivity index (χ1v) is 5.66. The van der Waals surface area contributed by atoms with E-state index in [1.165, 1.54) is 18.2 Å². The summed E-state index contributed by atoms with van der Waals surface area (Å²) >= 11 is 4.87. The molecule has 0 saturated carbocycles. The molecule has 1 heterocycles. The van der Waals surface area contributed by atoms with E-state index < -0.39 is 5.82 Å². The lowest BCUT2D eigenvalue weighted by Crippen LogP contribution is -2.11. The van der Waals surface area contributed by atoms with Gasteiger partial charge in [-0.3, -0.25) is 0 Å². The maximum atomic E-state index is 13.1. The van der Waals surface area contributed by atoms with Gasteiger partial charge in [-0.15, -0.1) is 0 Å². The molecular formula is C12H12FN3OS. The summed E-state index contributed by atoms with van der Waals surface area (Å²) < 4.78 is 20.4. The highest BCUT2D eigenvalue weighted by atomic mass is 32.1. The molecule has 0 aliphatic rings. The van der Waals surface area contributed by atoms with Crippen LogP contribution in [-0.2, 0) is 7.05 Å². The zero-order chi connectivity index (χ0) is 13.3. The topological polar surface area (TPSA) is 53.1 Å². The molecule has 6 heteroatoms. The van der Waals surface area contributed by atoms with E-state index in [2.05, 4.69) is 5.10 Å². The van der Waals surface area contributed by atoms with Crippen molar-refractivity contribution < 1.29 is 9.13 Å². The summed E-state index contributed by atoms with van der Waals surface area (Å²) in [5, 5.41) is 4.15. The third-order valence-electron chi connectivity index (χ3n) is 2.38. The van der Waals surface area contributed by atoms with Crippen LogP contribution < -0.4 is 10.5 Å². The minimum absolute atomic E-state index is 0.0865. The van der Waals surface area contributed by atoms with Crippen LogP contribution in [0.15, 0.2) is 24.3 Å². The molecule has 0 fully saturated rings. The molecule has 0 saturated heterocycles. The van der Waals surface area contributed by atoms with Gasteiger partial charge in [-0.2, -0.15) is 5.10 Å². The number of aryl methyl sites for hydroxylation is 2. The number of aromatic nitrogens is 2. The van der Waals surface area contributed by atoms with Gasteiger partial charge < -0.3 is 10.5 Å². The van der Waals surface area contributed by atoms with Crippen LogP contribution in [0.5, 0.6) is 11.6 Å². The van der Waals surface area contributed by atoms with Gasteiger partial charge in [-0.25, -0.2) is 9.07 Å². The van der Waals surface area contributed by atoms with Gasteiger partial charge in [-0.1, -0.05) is 12.2 Å². The van der Waals surface area contributed by atoms with E-state index in [1.54, 1.807) is 17.8 Å². The van der Waals surface area contributed by atoms with Crippen LogP contribution in [0.25, 0.3) is 0 Å². The monoisotopic (exact) mass is 265 g/mol. The molecule has 0 aliphatic heterocycles. The van der Waals surface area contributed by atoms with Crippen molar-refractivity contribution in [2.45, 2.75) is 6.92 Å². The Morgan fingerprint density at radius 3 is 2.72 bits per heavy atom. The first-order chi connectivity index (χ1) is 8.47. The Kier molecular flexibility index (Phi) is 3.29. The second kappa shape index (κ2) is 4.73. The maximum absolute atomic E-state index is 13.1. The molecule has 0 atom stereocenters. The van der Waals surface area contributed by atoms with Crippen LogP contribution in [-0.4, -0.2) is 14.8 Å². The summed E-state index contributed by atoms with van der Waals surface area (Å²) in [4.78, 5) is 0.0865. The van der Waals surface area contributed by atoms with Crippen LogP contribution in [0.4, 0.5) is 4.39 Å². The van der Waals surface area contributed by atoms with Crippen molar-refractivity contribution in [2.75, 3.05) is 0 Å². The summed E-state index contributed by atoms with van der Waals surface area (Å²) in [6, 6.07) is 5.81. The SMILES string of the molecule is Cc1cc(Oc2ccc(F)cc2C(N)=S)n(C)n1. The number of hydrogen-bond acceptors (Lipinski definition) is 3. The molecule has 18 heavy (non-hydrogen) atoms. The molecule has 4 nitrogen and oxygen atoms in total. The van der Waals surface area contributed by atoms with E-state index in [-0.39, 0.29) is 4.99 Å². The fourth-order valence-electron chi connectivity index (χ4n) is 1.58. The maximum Gasteiger partial charge on any atom is 0.217 e. The van der Waals surface area contributed by atoms with Crippen molar-refractivity contribution in [3.63, 3.8) is 0 Å². The van der Waals surface area contributed by atoms with Gasteiger partial charge in [0, 0.05) is 13.1 Å². The summed E-state index contributed by atoms with van der Waals surface area (Å²) in [6.07, 6.45) is 0. The smallest absolute Gasteiger partial charge is 0.217 e. The van der Waals surface area contributed by atoms with E-state index in [0.29, 0.717) is 17.2 Å². The van der Waals surface area contributed by atoms with E-state index in [9.17, 15) is 4.39 Å². The van der Waals surface area contributed by atoms with Crippen LogP contribution >= 0.6 is 12.2 Å². The van der Waals surface area contributed by atoms with Gasteiger partial charge >= 0.3 is 0 Å². The Balaban J connectivity index is 2.40. The summed E-state index contributed by atoms with van der Waals surface area (Å²) in [7, 11) is 1.76. The highest BCUT2D eigenvalue weighted by Gasteiger charge is 2.11. The fourth-order valence-corrected chi connectivity index (χ4v) is 1.74. The number of halogens is 1. The number of ether oxygens (including phenoxy) is 1. The molecular weight excluding hydrogens is 253 g/mol. The zero-order valence-electron chi connectivity index (χ0n) is 9.98. The van der Waals surface area contributed by atoms with Gasteiger partial charge in [0.2, 0.25) is 5.88 Å². The van der Waals surface area contributed by atoms with Crippen molar-refractivity contribution in [2.24, 2.45) is 12.8 Å². The molecule has 0 aliphatic carbocycles. The minimum Gasteiger partial charge on any atom is -0.439 e. The Morgan fingerprint density at radius 2 is 2.17 bits per heavy atom. The number of hydrogen-bond donors (Lipinski definition) is 1. The summed E-state index contributed by atoms with van der Waals surface area (Å²) in [5.41, 5.74) is 6.73. The largest absolute Gasteiger partial charge is 0.439 e. The van der Waals surface area contributed by atoms with Gasteiger partial charge in [0.05, 0.1) is 11.3 Å². The molecule has 0 amide bonds. The Bertz CT molecular complexity index is 609. The first-order valence-electron chi connectivity index (χ1n) is 5.25. The predicted molar refractivity (Wildman–Crippen MR) is 70.3 cm³/mol. The lowest BCUT2D eigenvalue weighted by molar-refractivity contribution is 0.429. The Labute approximate surface area is 109 Å². The molecule has 94 valence electrons.